The molecule has 1 atom stereocenters. The fraction of sp³-hybridized carbons (Fsp3) is 0.222. The second-order valence-corrected chi connectivity index (χ2v) is 5.13. The Hall–Kier alpha value is -0.960. The molecule has 0 heterocycles. The fourth-order valence-electron chi connectivity index (χ4n) is 1.69. The van der Waals surface area contributed by atoms with Crippen molar-refractivity contribution >= 4 is 13.4 Å². The van der Waals surface area contributed by atoms with E-state index in [1.807, 2.05) is 0 Å². The Morgan fingerprint density at radius 2 is 1.93 bits per heavy atom. The Morgan fingerprint density at radius 1 is 1.29 bits per heavy atom. The predicted molar refractivity (Wildman–Crippen MR) is 50.3 cm³/mol. The van der Waals surface area contributed by atoms with Crippen molar-refractivity contribution in [3.8, 4) is 0 Å². The maximum Gasteiger partial charge on any atom is 0.336 e. The number of hydrogen-bond donors (Lipinski definition) is 2. The zero-order valence-electron chi connectivity index (χ0n) is 7.25. The molecule has 0 aromatic heterocycles. The highest BCUT2D eigenvalue weighted by molar-refractivity contribution is 7.53. The van der Waals surface area contributed by atoms with E-state index in [1.165, 1.54) is 0 Å². The van der Waals surface area contributed by atoms with Crippen molar-refractivity contribution in [2.24, 2.45) is 0 Å². The van der Waals surface area contributed by atoms with Gasteiger partial charge in [-0.1, -0.05) is 24.3 Å². The third-order valence-corrected chi connectivity index (χ3v) is 3.63. The van der Waals surface area contributed by atoms with E-state index in [2.05, 4.69) is 0 Å². The van der Waals surface area contributed by atoms with Crippen LogP contribution in [0.25, 0.3) is 0 Å². The molecule has 0 amide bonds. The van der Waals surface area contributed by atoms with Gasteiger partial charge in [-0.2, -0.15) is 0 Å². The minimum atomic E-state index is -4.30. The standard InChI is InChI=1S/C9H9O4P/c10-9-7-4-2-1-3-6(7)5-8(9)14(11,12)13/h1-4,8H,5H2,(H2,11,12,13). The molecule has 2 rings (SSSR count). The summed E-state index contributed by atoms with van der Waals surface area (Å²) in [5.41, 5.74) is 0.00606. The molecule has 0 saturated carbocycles. The van der Waals surface area contributed by atoms with Crippen LogP contribution in [0.1, 0.15) is 15.9 Å². The topological polar surface area (TPSA) is 74.6 Å². The summed E-state index contributed by atoms with van der Waals surface area (Å²) in [6.45, 7) is 0. The van der Waals surface area contributed by atoms with Crippen LogP contribution in [-0.4, -0.2) is 21.2 Å². The minimum absolute atomic E-state index is 0.152. The highest BCUT2D eigenvalue weighted by Gasteiger charge is 2.41. The van der Waals surface area contributed by atoms with Crippen LogP contribution in [0.3, 0.4) is 0 Å². The monoisotopic (exact) mass is 212 g/mol. The zero-order chi connectivity index (χ0) is 10.3. The van der Waals surface area contributed by atoms with E-state index in [-0.39, 0.29) is 6.42 Å². The van der Waals surface area contributed by atoms with Crippen LogP contribution in [0.2, 0.25) is 0 Å². The molecular weight excluding hydrogens is 203 g/mol. The van der Waals surface area contributed by atoms with Gasteiger partial charge in [0.1, 0.15) is 5.66 Å². The van der Waals surface area contributed by atoms with Crippen LogP contribution in [0, 0.1) is 0 Å². The van der Waals surface area contributed by atoms with Crippen LogP contribution in [-0.2, 0) is 11.0 Å². The molecule has 1 unspecified atom stereocenters. The largest absolute Gasteiger partial charge is 0.336 e. The lowest BCUT2D eigenvalue weighted by Gasteiger charge is -2.08. The Morgan fingerprint density at radius 3 is 2.50 bits per heavy atom. The van der Waals surface area contributed by atoms with Gasteiger partial charge in [-0.15, -0.1) is 0 Å². The molecule has 74 valence electrons. The highest BCUT2D eigenvalue weighted by atomic mass is 31.2. The van der Waals surface area contributed by atoms with Gasteiger partial charge < -0.3 is 9.79 Å². The average molecular weight is 212 g/mol. The Bertz CT molecular complexity index is 434. The van der Waals surface area contributed by atoms with E-state index in [1.54, 1.807) is 24.3 Å². The van der Waals surface area contributed by atoms with E-state index >= 15 is 0 Å². The summed E-state index contributed by atoms with van der Waals surface area (Å²) in [5.74, 6) is -0.436. The molecular formula is C9H9O4P. The normalized spacial score (nSPS) is 21.0. The molecule has 1 aromatic carbocycles. The summed E-state index contributed by atoms with van der Waals surface area (Å²) in [6, 6.07) is 6.78. The van der Waals surface area contributed by atoms with Crippen LogP contribution < -0.4 is 0 Å². The molecule has 0 aliphatic heterocycles. The van der Waals surface area contributed by atoms with Gasteiger partial charge in [0.25, 0.3) is 0 Å². The fourth-order valence-corrected chi connectivity index (χ4v) is 2.57. The maximum absolute atomic E-state index is 11.6. The van der Waals surface area contributed by atoms with E-state index in [0.29, 0.717) is 5.56 Å². The quantitative estimate of drug-likeness (QED) is 0.680. The number of hydrogen-bond acceptors (Lipinski definition) is 2. The first kappa shape index (κ1) is 9.59. The summed E-state index contributed by atoms with van der Waals surface area (Å²) in [7, 11) is -4.30. The number of Topliss-reactive ketones (excluding diaryl/α,β-unsaturated/α-hetero) is 1. The van der Waals surface area contributed by atoms with E-state index in [4.69, 9.17) is 9.79 Å². The molecule has 5 heteroatoms. The second-order valence-electron chi connectivity index (χ2n) is 3.33. The van der Waals surface area contributed by atoms with Crippen molar-refractivity contribution in [1.82, 2.24) is 0 Å². The maximum atomic E-state index is 11.6. The molecule has 0 saturated heterocycles. The van der Waals surface area contributed by atoms with E-state index in [0.717, 1.165) is 5.56 Å². The average Bonchev–Trinajstić information content (AvgIpc) is 2.44. The highest BCUT2D eigenvalue weighted by Crippen LogP contribution is 2.47. The third kappa shape index (κ3) is 1.42. The first-order chi connectivity index (χ1) is 6.50. The Labute approximate surface area is 80.7 Å². The Kier molecular flexibility index (Phi) is 2.07. The van der Waals surface area contributed by atoms with Crippen molar-refractivity contribution in [2.75, 3.05) is 0 Å². The Balaban J connectivity index is 2.45. The molecule has 0 radical (unpaired) electrons. The lowest BCUT2D eigenvalue weighted by atomic mass is 10.1. The van der Waals surface area contributed by atoms with Crippen molar-refractivity contribution in [2.45, 2.75) is 12.1 Å². The molecule has 1 aromatic rings. The molecule has 0 fully saturated rings. The number of ketones is 1. The number of carbonyl (C=O) groups excluding carboxylic acids is 1. The lowest BCUT2D eigenvalue weighted by Crippen LogP contribution is -2.15. The molecule has 4 nitrogen and oxygen atoms in total. The number of fused-ring (bicyclic) bond motifs is 1. The van der Waals surface area contributed by atoms with Gasteiger partial charge in [-0.25, -0.2) is 0 Å². The number of rotatable bonds is 1. The van der Waals surface area contributed by atoms with Crippen LogP contribution in [0.4, 0.5) is 0 Å². The van der Waals surface area contributed by atoms with Crippen molar-refractivity contribution < 1.29 is 19.1 Å². The van der Waals surface area contributed by atoms with Gasteiger partial charge in [-0.3, -0.25) is 9.36 Å². The van der Waals surface area contributed by atoms with Crippen molar-refractivity contribution in [1.29, 1.82) is 0 Å². The number of benzene rings is 1. The zero-order valence-corrected chi connectivity index (χ0v) is 8.15. The van der Waals surface area contributed by atoms with Crippen LogP contribution >= 0.6 is 7.60 Å². The van der Waals surface area contributed by atoms with Crippen molar-refractivity contribution in [3.05, 3.63) is 35.4 Å². The molecule has 0 bridgehead atoms. The van der Waals surface area contributed by atoms with Gasteiger partial charge in [0, 0.05) is 5.56 Å². The molecule has 1 aliphatic rings. The van der Waals surface area contributed by atoms with Crippen molar-refractivity contribution in [3.63, 3.8) is 0 Å². The van der Waals surface area contributed by atoms with Crippen LogP contribution in [0.5, 0.6) is 0 Å². The van der Waals surface area contributed by atoms with Gasteiger partial charge >= 0.3 is 7.60 Å². The summed E-state index contributed by atoms with van der Waals surface area (Å²) in [6.07, 6.45) is 0.152. The molecule has 14 heavy (non-hydrogen) atoms. The van der Waals surface area contributed by atoms with Crippen LogP contribution in [0.15, 0.2) is 24.3 Å². The SMILES string of the molecule is O=C1c2ccccc2CC1P(=O)(O)O. The molecule has 1 aliphatic carbocycles. The number of carbonyl (C=O) groups is 1. The second kappa shape index (κ2) is 3.02. The lowest BCUT2D eigenvalue weighted by molar-refractivity contribution is 0.0990. The van der Waals surface area contributed by atoms with Gasteiger partial charge in [0.15, 0.2) is 5.78 Å². The summed E-state index contributed by atoms with van der Waals surface area (Å²) in [4.78, 5) is 29.5. The third-order valence-electron chi connectivity index (χ3n) is 2.40. The van der Waals surface area contributed by atoms with Gasteiger partial charge in [0.2, 0.25) is 0 Å². The minimum Gasteiger partial charge on any atom is -0.324 e. The van der Waals surface area contributed by atoms with Gasteiger partial charge in [0.05, 0.1) is 0 Å². The first-order valence-electron chi connectivity index (χ1n) is 4.17. The first-order valence-corrected chi connectivity index (χ1v) is 5.85. The summed E-state index contributed by atoms with van der Waals surface area (Å²) in [5, 5.41) is 0. The summed E-state index contributed by atoms with van der Waals surface area (Å²) < 4.78 is 11.0. The smallest absolute Gasteiger partial charge is 0.324 e. The molecule has 2 N–H and O–H groups in total. The molecule has 0 spiro atoms. The van der Waals surface area contributed by atoms with E-state index < -0.39 is 19.0 Å². The van der Waals surface area contributed by atoms with Gasteiger partial charge in [-0.05, 0) is 12.0 Å². The summed E-state index contributed by atoms with van der Waals surface area (Å²) >= 11 is 0. The van der Waals surface area contributed by atoms with E-state index in [9.17, 15) is 9.36 Å². The predicted octanol–water partition coefficient (Wildman–Crippen LogP) is 0.972.